The molecule has 7 heteroatoms. The van der Waals surface area contributed by atoms with Gasteiger partial charge in [-0.2, -0.15) is 4.31 Å². The van der Waals surface area contributed by atoms with Crippen molar-refractivity contribution < 1.29 is 18.1 Å². The van der Waals surface area contributed by atoms with Crippen LogP contribution in [0, 0.1) is 6.92 Å². The Morgan fingerprint density at radius 3 is 2.37 bits per heavy atom. The topological polar surface area (TPSA) is 70.9 Å². The van der Waals surface area contributed by atoms with E-state index in [0.29, 0.717) is 24.2 Å². The normalized spacial score (nSPS) is 16.4. The first-order valence-electron chi connectivity index (χ1n) is 10.5. The third kappa shape index (κ3) is 5.28. The molecule has 0 saturated carbocycles. The van der Waals surface area contributed by atoms with Gasteiger partial charge >= 0.3 is 0 Å². The van der Waals surface area contributed by atoms with Crippen LogP contribution in [0.4, 0.5) is 0 Å². The summed E-state index contributed by atoms with van der Waals surface area (Å²) in [6.07, 6.45) is 2.82. The van der Waals surface area contributed by atoms with Crippen LogP contribution in [-0.4, -0.2) is 52.4 Å². The van der Waals surface area contributed by atoms with Crippen LogP contribution in [0.5, 0.6) is 0 Å². The standard InChI is InChI=1S/C23H31N3O3S/c1-18-12-13-20(16-22(18)30(28,29)26-14-8-5-9-15-26)23(27)24-21(17-25(2)3)19-10-6-4-7-11-19/h4,6-7,10-13,16,21H,5,8-9,14-15,17H2,1-3H3,(H,24,27)/p+1/t21-/m0/s1. The monoisotopic (exact) mass is 430 g/mol. The molecule has 162 valence electrons. The summed E-state index contributed by atoms with van der Waals surface area (Å²) in [5.41, 5.74) is 2.06. The van der Waals surface area contributed by atoms with E-state index in [9.17, 15) is 13.2 Å². The number of nitrogens with one attached hydrogen (secondary N) is 2. The van der Waals surface area contributed by atoms with E-state index >= 15 is 0 Å². The Morgan fingerprint density at radius 1 is 1.07 bits per heavy atom. The van der Waals surface area contributed by atoms with Crippen LogP contribution in [0.1, 0.15) is 46.8 Å². The molecule has 6 nitrogen and oxygen atoms in total. The van der Waals surface area contributed by atoms with Crippen molar-refractivity contribution in [2.24, 2.45) is 0 Å². The van der Waals surface area contributed by atoms with E-state index in [4.69, 9.17) is 0 Å². The second kappa shape index (κ2) is 9.73. The molecule has 1 aliphatic rings. The van der Waals surface area contributed by atoms with Crippen LogP contribution in [-0.2, 0) is 10.0 Å². The maximum absolute atomic E-state index is 13.2. The molecule has 0 unspecified atom stereocenters. The second-order valence-electron chi connectivity index (χ2n) is 8.29. The number of carbonyl (C=O) groups excluding carboxylic acids is 1. The molecule has 1 saturated heterocycles. The first-order valence-corrected chi connectivity index (χ1v) is 12.0. The van der Waals surface area contributed by atoms with Gasteiger partial charge in [0.15, 0.2) is 0 Å². The van der Waals surface area contributed by atoms with Crippen molar-refractivity contribution in [2.75, 3.05) is 33.7 Å². The number of hydrogen-bond donors (Lipinski definition) is 2. The molecule has 3 rings (SSSR count). The molecule has 30 heavy (non-hydrogen) atoms. The minimum atomic E-state index is -3.60. The zero-order valence-electron chi connectivity index (χ0n) is 18.0. The second-order valence-corrected chi connectivity index (χ2v) is 10.2. The Hall–Kier alpha value is -2.22. The van der Waals surface area contributed by atoms with Gasteiger partial charge in [-0.1, -0.05) is 42.8 Å². The SMILES string of the molecule is Cc1ccc(C(=O)N[C@@H](C[NH+](C)C)c2ccccc2)cc1S(=O)(=O)N1CCCCC1. The van der Waals surface area contributed by atoms with Gasteiger partial charge in [0.2, 0.25) is 10.0 Å². The number of carbonyl (C=O) groups is 1. The number of amides is 1. The van der Waals surface area contributed by atoms with E-state index in [1.54, 1.807) is 23.4 Å². The van der Waals surface area contributed by atoms with Gasteiger partial charge in [0.05, 0.1) is 19.0 Å². The molecule has 0 radical (unpaired) electrons. The summed E-state index contributed by atoms with van der Waals surface area (Å²) in [7, 11) is 0.479. The Labute approximate surface area is 179 Å². The molecule has 1 heterocycles. The van der Waals surface area contributed by atoms with Gasteiger partial charge in [0, 0.05) is 18.7 Å². The molecule has 1 amide bonds. The smallest absolute Gasteiger partial charge is 0.252 e. The van der Waals surface area contributed by atoms with Crippen LogP contribution < -0.4 is 10.2 Å². The number of nitrogens with zero attached hydrogens (tertiary/aromatic N) is 1. The van der Waals surface area contributed by atoms with Gasteiger partial charge in [0.25, 0.3) is 5.91 Å². The van der Waals surface area contributed by atoms with Crippen molar-refractivity contribution >= 4 is 15.9 Å². The molecule has 1 fully saturated rings. The molecule has 0 bridgehead atoms. The van der Waals surface area contributed by atoms with E-state index in [2.05, 4.69) is 5.32 Å². The van der Waals surface area contributed by atoms with Crippen LogP contribution >= 0.6 is 0 Å². The number of likely N-dealkylation sites (N-methyl/N-ethyl adjacent to an activating group) is 1. The summed E-state index contributed by atoms with van der Waals surface area (Å²) in [5.74, 6) is -0.264. The molecule has 1 atom stereocenters. The fraction of sp³-hybridized carbons (Fsp3) is 0.435. The maximum atomic E-state index is 13.2. The van der Waals surface area contributed by atoms with Crippen molar-refractivity contribution in [2.45, 2.75) is 37.1 Å². The van der Waals surface area contributed by atoms with E-state index in [1.807, 2.05) is 44.4 Å². The number of quaternary nitrogens is 1. The first kappa shape index (κ1) is 22.5. The lowest BCUT2D eigenvalue weighted by Gasteiger charge is -2.27. The highest BCUT2D eigenvalue weighted by molar-refractivity contribution is 7.89. The Balaban J connectivity index is 1.86. The summed E-state index contributed by atoms with van der Waals surface area (Å²) in [5, 5.41) is 3.09. The third-order valence-corrected chi connectivity index (χ3v) is 7.54. The molecule has 0 spiro atoms. The van der Waals surface area contributed by atoms with Crippen molar-refractivity contribution in [3.63, 3.8) is 0 Å². The van der Waals surface area contributed by atoms with Gasteiger partial charge in [-0.15, -0.1) is 0 Å². The van der Waals surface area contributed by atoms with Gasteiger partial charge in [0.1, 0.15) is 12.6 Å². The Morgan fingerprint density at radius 2 is 1.73 bits per heavy atom. The molecule has 0 aromatic heterocycles. The van der Waals surface area contributed by atoms with Crippen LogP contribution in [0.15, 0.2) is 53.4 Å². The average Bonchev–Trinajstić information content (AvgIpc) is 2.74. The summed E-state index contributed by atoms with van der Waals surface area (Å²) in [6.45, 7) is 3.58. The lowest BCUT2D eigenvalue weighted by Crippen LogP contribution is -3.06. The highest BCUT2D eigenvalue weighted by Gasteiger charge is 2.28. The van der Waals surface area contributed by atoms with E-state index in [0.717, 1.165) is 31.4 Å². The predicted octanol–water partition coefficient (Wildman–Crippen LogP) is 1.79. The highest BCUT2D eigenvalue weighted by Crippen LogP contribution is 2.24. The van der Waals surface area contributed by atoms with Crippen LogP contribution in [0.2, 0.25) is 0 Å². The van der Waals surface area contributed by atoms with Gasteiger partial charge in [-0.25, -0.2) is 8.42 Å². The summed E-state index contributed by atoms with van der Waals surface area (Å²) in [6, 6.07) is 14.6. The zero-order valence-corrected chi connectivity index (χ0v) is 18.8. The highest BCUT2D eigenvalue weighted by atomic mass is 32.2. The number of piperidine rings is 1. The number of rotatable bonds is 7. The fourth-order valence-corrected chi connectivity index (χ4v) is 5.62. The van der Waals surface area contributed by atoms with Gasteiger partial charge in [-0.3, -0.25) is 4.79 Å². The maximum Gasteiger partial charge on any atom is 0.252 e. The average molecular weight is 431 g/mol. The Kier molecular flexibility index (Phi) is 7.28. The fourth-order valence-electron chi connectivity index (χ4n) is 3.85. The minimum Gasteiger partial charge on any atom is -0.340 e. The molecule has 2 aromatic carbocycles. The third-order valence-electron chi connectivity index (χ3n) is 5.50. The van der Waals surface area contributed by atoms with Crippen molar-refractivity contribution in [3.05, 3.63) is 65.2 Å². The van der Waals surface area contributed by atoms with E-state index < -0.39 is 10.0 Å². The predicted molar refractivity (Wildman–Crippen MR) is 118 cm³/mol. The van der Waals surface area contributed by atoms with E-state index in [-0.39, 0.29) is 16.8 Å². The summed E-state index contributed by atoms with van der Waals surface area (Å²) in [4.78, 5) is 14.5. The molecule has 2 aromatic rings. The summed E-state index contributed by atoms with van der Waals surface area (Å²) < 4.78 is 27.9. The summed E-state index contributed by atoms with van der Waals surface area (Å²) >= 11 is 0. The van der Waals surface area contributed by atoms with Crippen molar-refractivity contribution in [1.29, 1.82) is 0 Å². The van der Waals surface area contributed by atoms with Crippen LogP contribution in [0.3, 0.4) is 0 Å². The molecular formula is C23H32N3O3S+. The molecular weight excluding hydrogens is 398 g/mol. The lowest BCUT2D eigenvalue weighted by atomic mass is 10.1. The molecule has 0 aliphatic carbocycles. The van der Waals surface area contributed by atoms with Gasteiger partial charge in [-0.05, 0) is 43.0 Å². The molecule has 1 aliphatic heterocycles. The Bertz CT molecular complexity index is 968. The van der Waals surface area contributed by atoms with Crippen molar-refractivity contribution in [3.8, 4) is 0 Å². The largest absolute Gasteiger partial charge is 0.340 e. The number of hydrogen-bond acceptors (Lipinski definition) is 3. The lowest BCUT2D eigenvalue weighted by molar-refractivity contribution is -0.860. The quantitative estimate of drug-likeness (QED) is 0.704. The number of sulfonamides is 1. The number of benzene rings is 2. The van der Waals surface area contributed by atoms with Gasteiger partial charge < -0.3 is 10.2 Å². The van der Waals surface area contributed by atoms with E-state index in [1.165, 1.54) is 11.0 Å². The molecule has 2 N–H and O–H groups in total. The minimum absolute atomic E-state index is 0.160. The zero-order chi connectivity index (χ0) is 21.7. The number of aryl methyl sites for hydroxylation is 1. The first-order chi connectivity index (χ1) is 14.3. The van der Waals surface area contributed by atoms with Crippen LogP contribution in [0.25, 0.3) is 0 Å². The van der Waals surface area contributed by atoms with Crippen molar-refractivity contribution in [1.82, 2.24) is 9.62 Å².